The Labute approximate surface area is 225 Å². The minimum atomic E-state index is -4.62. The molecule has 2 aromatic heterocycles. The summed E-state index contributed by atoms with van der Waals surface area (Å²) in [5, 5.41) is 5.41. The molecule has 3 aromatic carbocycles. The van der Waals surface area contributed by atoms with Crippen LogP contribution in [0.25, 0.3) is 28.0 Å². The molecule has 0 saturated carbocycles. The molecule has 2 heterocycles. The molecule has 0 aliphatic rings. The maximum Gasteiger partial charge on any atom is 0.417 e. The highest BCUT2D eigenvalue weighted by Crippen LogP contribution is 2.39. The van der Waals surface area contributed by atoms with Gasteiger partial charge < -0.3 is 4.74 Å². The average Bonchev–Trinajstić information content (AvgIpc) is 3.20. The van der Waals surface area contributed by atoms with Crippen molar-refractivity contribution in [1.29, 1.82) is 0 Å². The second-order valence-corrected chi connectivity index (χ2v) is 9.47. The Kier molecular flexibility index (Phi) is 6.79. The molecule has 10 heteroatoms. The van der Waals surface area contributed by atoms with E-state index in [9.17, 15) is 13.2 Å². The lowest BCUT2D eigenvalue weighted by Gasteiger charge is -2.13. The third-order valence-corrected chi connectivity index (χ3v) is 6.88. The predicted octanol–water partition coefficient (Wildman–Crippen LogP) is 8.95. The van der Waals surface area contributed by atoms with E-state index >= 15 is 0 Å². The van der Waals surface area contributed by atoms with Gasteiger partial charge in [-0.3, -0.25) is 0 Å². The number of pyridine rings is 1. The van der Waals surface area contributed by atoms with Crippen LogP contribution in [-0.4, -0.2) is 14.8 Å². The van der Waals surface area contributed by atoms with E-state index in [1.54, 1.807) is 42.5 Å². The van der Waals surface area contributed by atoms with Gasteiger partial charge in [-0.05, 0) is 61.5 Å². The molecule has 0 aliphatic heterocycles. The lowest BCUT2D eigenvalue weighted by molar-refractivity contribution is -0.136. The van der Waals surface area contributed by atoms with E-state index in [4.69, 9.17) is 39.5 Å². The molecule has 37 heavy (non-hydrogen) atoms. The van der Waals surface area contributed by atoms with Crippen molar-refractivity contribution in [1.82, 2.24) is 14.8 Å². The van der Waals surface area contributed by atoms with Gasteiger partial charge in [-0.15, -0.1) is 0 Å². The summed E-state index contributed by atoms with van der Waals surface area (Å²) in [5.41, 5.74) is 1.30. The molecule has 0 saturated heterocycles. The summed E-state index contributed by atoms with van der Waals surface area (Å²) in [4.78, 5) is 4.57. The first kappa shape index (κ1) is 25.4. The first-order chi connectivity index (χ1) is 17.6. The molecule has 4 nitrogen and oxygen atoms in total. The number of rotatable bonds is 5. The third-order valence-electron chi connectivity index (χ3n) is 5.77. The summed E-state index contributed by atoms with van der Waals surface area (Å²) in [6.45, 7) is 1.77. The number of nitrogens with zero attached hydrogens (tertiary/aromatic N) is 3. The first-order valence-corrected chi connectivity index (χ1v) is 12.1. The number of ether oxygens (including phenoxy) is 1. The molecule has 188 valence electrons. The summed E-state index contributed by atoms with van der Waals surface area (Å²) >= 11 is 18.3. The van der Waals surface area contributed by atoms with Crippen LogP contribution in [0, 0.1) is 6.92 Å². The normalized spacial score (nSPS) is 11.8. The van der Waals surface area contributed by atoms with Crippen molar-refractivity contribution in [2.45, 2.75) is 19.7 Å². The number of benzene rings is 3. The fraction of sp³-hybridized carbons (Fsp3) is 0.111. The smallest absolute Gasteiger partial charge is 0.417 e. The standard InChI is InChI=1S/C27H17Cl3F3N3O/c1-15-25-20(27(31,32)33)13-24(34-26(25)36(35-15)18-8-11-22(29)23(30)12-18)16-6-9-19(10-7-16)37-14-17-4-2-3-5-21(17)28/h2-13H,14H2,1H3. The lowest BCUT2D eigenvalue weighted by atomic mass is 10.0. The molecule has 5 rings (SSSR count). The molecule has 5 aromatic rings. The second-order valence-electron chi connectivity index (χ2n) is 8.25. The van der Waals surface area contributed by atoms with Crippen LogP contribution in [0.3, 0.4) is 0 Å². The quantitative estimate of drug-likeness (QED) is 0.215. The van der Waals surface area contributed by atoms with Gasteiger partial charge >= 0.3 is 6.18 Å². The molecule has 0 bridgehead atoms. The zero-order valence-corrected chi connectivity index (χ0v) is 21.4. The van der Waals surface area contributed by atoms with Gasteiger partial charge in [-0.2, -0.15) is 18.3 Å². The van der Waals surface area contributed by atoms with E-state index in [-0.39, 0.29) is 34.1 Å². The summed E-state index contributed by atoms with van der Waals surface area (Å²) in [6.07, 6.45) is -4.62. The van der Waals surface area contributed by atoms with E-state index in [0.717, 1.165) is 11.6 Å². The van der Waals surface area contributed by atoms with Crippen molar-refractivity contribution in [3.05, 3.63) is 105 Å². The molecule has 0 amide bonds. The molecule has 0 atom stereocenters. The Balaban J connectivity index is 1.56. The van der Waals surface area contributed by atoms with E-state index < -0.39 is 11.7 Å². The van der Waals surface area contributed by atoms with Crippen LogP contribution in [0.2, 0.25) is 15.1 Å². The zero-order valence-electron chi connectivity index (χ0n) is 19.2. The number of hydrogen-bond acceptors (Lipinski definition) is 3. The SMILES string of the molecule is Cc1nn(-c2ccc(Cl)c(Cl)c2)c2nc(-c3ccc(OCc4ccccc4Cl)cc3)cc(C(F)(F)F)c12. The molecule has 0 fully saturated rings. The molecular formula is C27H17Cl3F3N3O. The lowest BCUT2D eigenvalue weighted by Crippen LogP contribution is -2.08. The van der Waals surface area contributed by atoms with Gasteiger partial charge in [-0.25, -0.2) is 9.67 Å². The minimum absolute atomic E-state index is 0.0553. The summed E-state index contributed by atoms with van der Waals surface area (Å²) in [7, 11) is 0. The fourth-order valence-corrected chi connectivity index (χ4v) is 4.44. The van der Waals surface area contributed by atoms with Crippen molar-refractivity contribution in [3.63, 3.8) is 0 Å². The molecule has 0 N–H and O–H groups in total. The largest absolute Gasteiger partial charge is 0.489 e. The minimum Gasteiger partial charge on any atom is -0.489 e. The summed E-state index contributed by atoms with van der Waals surface area (Å²) in [5.74, 6) is 0.539. The van der Waals surface area contributed by atoms with E-state index in [0.29, 0.717) is 27.0 Å². The van der Waals surface area contributed by atoms with Crippen molar-refractivity contribution in [2.24, 2.45) is 0 Å². The van der Waals surface area contributed by atoms with Gasteiger partial charge in [0.1, 0.15) is 12.4 Å². The van der Waals surface area contributed by atoms with Gasteiger partial charge in [0.2, 0.25) is 0 Å². The van der Waals surface area contributed by atoms with Crippen molar-refractivity contribution < 1.29 is 17.9 Å². The number of alkyl halides is 3. The van der Waals surface area contributed by atoms with Crippen LogP contribution < -0.4 is 4.74 Å². The van der Waals surface area contributed by atoms with Gasteiger partial charge in [0.25, 0.3) is 0 Å². The number of hydrogen-bond donors (Lipinski definition) is 0. The maximum atomic E-state index is 14.1. The number of aromatic nitrogens is 3. The topological polar surface area (TPSA) is 39.9 Å². The predicted molar refractivity (Wildman–Crippen MR) is 140 cm³/mol. The highest BCUT2D eigenvalue weighted by atomic mass is 35.5. The molecule has 0 aliphatic carbocycles. The highest BCUT2D eigenvalue weighted by molar-refractivity contribution is 6.42. The van der Waals surface area contributed by atoms with Gasteiger partial charge in [0.15, 0.2) is 5.65 Å². The first-order valence-electron chi connectivity index (χ1n) is 11.0. The Morgan fingerprint density at radius 1 is 0.865 bits per heavy atom. The van der Waals surface area contributed by atoms with Crippen LogP contribution >= 0.6 is 34.8 Å². The fourth-order valence-electron chi connectivity index (χ4n) is 3.96. The summed E-state index contributed by atoms with van der Waals surface area (Å²) in [6, 6.07) is 19.7. The van der Waals surface area contributed by atoms with Gasteiger partial charge in [0.05, 0.1) is 38.1 Å². The number of fused-ring (bicyclic) bond motifs is 1. The van der Waals surface area contributed by atoms with Gasteiger partial charge in [0, 0.05) is 16.1 Å². The zero-order chi connectivity index (χ0) is 26.3. The van der Waals surface area contributed by atoms with Gasteiger partial charge in [-0.1, -0.05) is 53.0 Å². The van der Waals surface area contributed by atoms with E-state index in [1.165, 1.54) is 17.7 Å². The molecular weight excluding hydrogens is 546 g/mol. The van der Waals surface area contributed by atoms with Crippen LogP contribution in [0.1, 0.15) is 16.8 Å². The highest BCUT2D eigenvalue weighted by Gasteiger charge is 2.36. The monoisotopic (exact) mass is 561 g/mol. The van der Waals surface area contributed by atoms with Crippen molar-refractivity contribution in [3.8, 4) is 22.7 Å². The van der Waals surface area contributed by atoms with Crippen LogP contribution in [0.15, 0.2) is 72.8 Å². The summed E-state index contributed by atoms with van der Waals surface area (Å²) < 4.78 is 49.6. The number of halogens is 6. The van der Waals surface area contributed by atoms with E-state index in [1.807, 2.05) is 18.2 Å². The Morgan fingerprint density at radius 2 is 1.59 bits per heavy atom. The number of aryl methyl sites for hydroxylation is 1. The van der Waals surface area contributed by atoms with Crippen molar-refractivity contribution in [2.75, 3.05) is 0 Å². The molecule has 0 radical (unpaired) electrons. The Morgan fingerprint density at radius 3 is 2.27 bits per heavy atom. The van der Waals surface area contributed by atoms with Crippen LogP contribution in [-0.2, 0) is 12.8 Å². The van der Waals surface area contributed by atoms with Crippen molar-refractivity contribution >= 4 is 45.8 Å². The third kappa shape index (κ3) is 5.12. The Bertz CT molecular complexity index is 1620. The average molecular weight is 563 g/mol. The molecule has 0 unspecified atom stereocenters. The Hall–Kier alpha value is -3.26. The second kappa shape index (κ2) is 9.89. The van der Waals surface area contributed by atoms with E-state index in [2.05, 4.69) is 10.1 Å². The maximum absolute atomic E-state index is 14.1. The molecule has 0 spiro atoms. The van der Waals surface area contributed by atoms with Crippen LogP contribution in [0.5, 0.6) is 5.75 Å². The van der Waals surface area contributed by atoms with Crippen LogP contribution in [0.4, 0.5) is 13.2 Å².